The monoisotopic (exact) mass is 558 g/mol. The molecule has 1 aromatic rings. The van der Waals surface area contributed by atoms with Crippen LogP contribution in [0.15, 0.2) is 30.8 Å². The number of allylic oxidation sites excluding steroid dienone is 1. The summed E-state index contributed by atoms with van der Waals surface area (Å²) in [7, 11) is 1.38. The first-order valence-corrected chi connectivity index (χ1v) is 12.5. The molecule has 13 nitrogen and oxygen atoms in total. The second kappa shape index (κ2) is 13.9. The van der Waals surface area contributed by atoms with E-state index in [2.05, 4.69) is 11.9 Å². The maximum atomic E-state index is 12.9. The molecule has 1 fully saturated rings. The van der Waals surface area contributed by atoms with Crippen LogP contribution >= 0.6 is 0 Å². The fraction of sp³-hybridized carbons (Fsp3) is 0.654. The Morgan fingerprint density at radius 1 is 1.13 bits per heavy atom. The molecule has 0 aromatic heterocycles. The first-order chi connectivity index (χ1) is 18.1. The zero-order valence-electron chi connectivity index (χ0n) is 22.6. The lowest BCUT2D eigenvalue weighted by atomic mass is 9.92. The minimum Gasteiger partial charge on any atom is -0.394 e. The first kappa shape index (κ1) is 33.0. The molecule has 1 aliphatic rings. The Kier molecular flexibility index (Phi) is 11.8. The van der Waals surface area contributed by atoms with E-state index in [9.17, 15) is 45.6 Å². The van der Waals surface area contributed by atoms with E-state index in [0.717, 1.165) is 21.6 Å². The van der Waals surface area contributed by atoms with Crippen molar-refractivity contribution in [2.24, 2.45) is 0 Å². The van der Waals surface area contributed by atoms with Crippen LogP contribution in [0.2, 0.25) is 0 Å². The van der Waals surface area contributed by atoms with Gasteiger partial charge in [0.05, 0.1) is 25.3 Å². The number of rotatable bonds is 12. The largest absolute Gasteiger partial charge is 0.394 e. The van der Waals surface area contributed by atoms with E-state index < -0.39 is 86.5 Å². The fourth-order valence-electron chi connectivity index (χ4n) is 4.14. The Labute approximate surface area is 227 Å². The van der Waals surface area contributed by atoms with Crippen LogP contribution in [0.1, 0.15) is 31.9 Å². The number of benzene rings is 1. The number of urea groups is 1. The zero-order valence-corrected chi connectivity index (χ0v) is 22.6. The highest BCUT2D eigenvalue weighted by Gasteiger charge is 2.47. The van der Waals surface area contributed by atoms with Crippen LogP contribution in [0, 0.1) is 0 Å². The maximum Gasteiger partial charge on any atom is 0.317 e. The summed E-state index contributed by atoms with van der Waals surface area (Å²) in [6, 6.07) is 6.91. The minimum atomic E-state index is -1.91. The number of carbonyl (C=O) groups excluding carboxylic acids is 1. The summed E-state index contributed by atoms with van der Waals surface area (Å²) in [6.07, 6.45) is -15.5. The summed E-state index contributed by atoms with van der Waals surface area (Å²) < 4.78 is 10.6. The molecule has 9 N–H and O–H groups in total. The Morgan fingerprint density at radius 2 is 1.77 bits per heavy atom. The quantitative estimate of drug-likeness (QED) is 0.135. The molecule has 0 spiro atoms. The molecule has 2 amide bonds. The average molecular weight is 559 g/mol. The number of aliphatic hydroxyl groups is 8. The Balaban J connectivity index is 2.09. The SMILES string of the molecule is C=C(C)c1cccc(C(C)(C)NC(=O)N(C)C[C@H](O)[C@@H](O)[C@H](O[C@@H]2O[C@H](CO)[C@H](O)[C@H](O)[C@H]2O)[C@H](O)CO)c1. The first-order valence-electron chi connectivity index (χ1n) is 12.5. The third-order valence-electron chi connectivity index (χ3n) is 6.74. The molecule has 0 unspecified atom stereocenters. The Morgan fingerprint density at radius 3 is 2.33 bits per heavy atom. The van der Waals surface area contributed by atoms with Gasteiger partial charge in [-0.15, -0.1) is 0 Å². The summed E-state index contributed by atoms with van der Waals surface area (Å²) in [5.41, 5.74) is 1.76. The molecule has 1 heterocycles. The van der Waals surface area contributed by atoms with Crippen molar-refractivity contribution in [3.8, 4) is 0 Å². The van der Waals surface area contributed by atoms with Gasteiger partial charge in [0.1, 0.15) is 48.8 Å². The highest BCUT2D eigenvalue weighted by molar-refractivity contribution is 5.75. The van der Waals surface area contributed by atoms with Crippen LogP contribution in [0.25, 0.3) is 5.57 Å². The van der Waals surface area contributed by atoms with Gasteiger partial charge < -0.3 is 60.5 Å². The van der Waals surface area contributed by atoms with Gasteiger partial charge in [0.2, 0.25) is 0 Å². The van der Waals surface area contributed by atoms with Gasteiger partial charge in [0.15, 0.2) is 6.29 Å². The number of likely N-dealkylation sites (N-methyl/N-ethyl adjacent to an activating group) is 1. The molecule has 39 heavy (non-hydrogen) atoms. The molecule has 222 valence electrons. The third kappa shape index (κ3) is 8.17. The number of carbonyl (C=O) groups is 1. The normalized spacial score (nSPS) is 26.8. The van der Waals surface area contributed by atoms with Crippen molar-refractivity contribution in [2.75, 3.05) is 26.8 Å². The van der Waals surface area contributed by atoms with Gasteiger partial charge in [0, 0.05) is 7.05 Å². The number of nitrogens with one attached hydrogen (secondary N) is 1. The summed E-state index contributed by atoms with van der Waals surface area (Å²) in [5.74, 6) is 0. The van der Waals surface area contributed by atoms with Crippen molar-refractivity contribution in [1.29, 1.82) is 0 Å². The van der Waals surface area contributed by atoms with E-state index >= 15 is 0 Å². The van der Waals surface area contributed by atoms with E-state index in [0.29, 0.717) is 0 Å². The highest BCUT2D eigenvalue weighted by Crippen LogP contribution is 2.26. The van der Waals surface area contributed by atoms with E-state index in [1.807, 2.05) is 31.2 Å². The second-order valence-electron chi connectivity index (χ2n) is 10.4. The van der Waals surface area contributed by atoms with Crippen LogP contribution in [-0.2, 0) is 15.0 Å². The van der Waals surface area contributed by atoms with Crippen molar-refractivity contribution < 1.29 is 55.1 Å². The smallest absolute Gasteiger partial charge is 0.317 e. The lowest BCUT2D eigenvalue weighted by Gasteiger charge is -2.42. The van der Waals surface area contributed by atoms with Gasteiger partial charge in [-0.2, -0.15) is 0 Å². The van der Waals surface area contributed by atoms with Crippen LogP contribution in [0.4, 0.5) is 4.79 Å². The molecule has 0 radical (unpaired) electrons. The van der Waals surface area contributed by atoms with E-state index in [-0.39, 0.29) is 0 Å². The predicted octanol–water partition coefficient (Wildman–Crippen LogP) is -2.14. The van der Waals surface area contributed by atoms with Crippen molar-refractivity contribution in [2.45, 2.75) is 81.4 Å². The van der Waals surface area contributed by atoms with Gasteiger partial charge in [-0.25, -0.2) is 4.79 Å². The van der Waals surface area contributed by atoms with Gasteiger partial charge in [-0.1, -0.05) is 30.4 Å². The van der Waals surface area contributed by atoms with E-state index in [4.69, 9.17) is 9.47 Å². The number of ether oxygens (including phenoxy) is 2. The molecular weight excluding hydrogens is 516 g/mol. The van der Waals surface area contributed by atoms with Crippen molar-refractivity contribution in [3.05, 3.63) is 42.0 Å². The minimum absolute atomic E-state index is 0.429. The standard InChI is InChI=1S/C26H42N2O11/c1-13(2)14-7-6-8-15(9-14)26(3,4)27-25(37)28(5)10-16(31)19(33)23(17(32)11-29)39-24-22(36)21(35)20(34)18(12-30)38-24/h6-9,16-24,29-36H,1,10-12H2,2-5H3,(H,27,37)/t16-,17+,18+,19+,20-,21-,22+,23+,24-/m0/s1. The summed E-state index contributed by atoms with van der Waals surface area (Å²) in [6.45, 7) is 7.30. The molecule has 1 aliphatic heterocycles. The Hall–Kier alpha value is -2.17. The Bertz CT molecular complexity index is 960. The summed E-state index contributed by atoms with van der Waals surface area (Å²) >= 11 is 0. The van der Waals surface area contributed by atoms with Gasteiger partial charge >= 0.3 is 6.03 Å². The zero-order chi connectivity index (χ0) is 29.7. The molecule has 9 atom stereocenters. The maximum absolute atomic E-state index is 12.9. The number of hydrogen-bond donors (Lipinski definition) is 9. The van der Waals surface area contributed by atoms with Crippen LogP contribution in [-0.4, -0.2) is 134 Å². The topological polar surface area (TPSA) is 213 Å². The van der Waals surface area contributed by atoms with Crippen LogP contribution in [0.5, 0.6) is 0 Å². The van der Waals surface area contributed by atoms with Crippen molar-refractivity contribution in [1.82, 2.24) is 10.2 Å². The molecule has 0 aliphatic carbocycles. The number of aliphatic hydroxyl groups excluding tert-OH is 8. The number of hydrogen-bond acceptors (Lipinski definition) is 11. The molecule has 2 rings (SSSR count). The lowest BCUT2D eigenvalue weighted by molar-refractivity contribution is -0.327. The lowest BCUT2D eigenvalue weighted by Crippen LogP contribution is -2.62. The second-order valence-corrected chi connectivity index (χ2v) is 10.4. The van der Waals surface area contributed by atoms with Crippen LogP contribution in [0.3, 0.4) is 0 Å². The molecule has 0 saturated carbocycles. The predicted molar refractivity (Wildman–Crippen MR) is 139 cm³/mol. The fourth-order valence-corrected chi connectivity index (χ4v) is 4.14. The number of nitrogens with zero attached hydrogens (tertiary/aromatic N) is 1. The molecule has 0 bridgehead atoms. The molecule has 1 aromatic carbocycles. The van der Waals surface area contributed by atoms with E-state index in [1.165, 1.54) is 7.05 Å². The van der Waals surface area contributed by atoms with Crippen LogP contribution < -0.4 is 5.32 Å². The average Bonchev–Trinajstić information content (AvgIpc) is 2.90. The summed E-state index contributed by atoms with van der Waals surface area (Å²) in [4.78, 5) is 14.0. The third-order valence-corrected chi connectivity index (χ3v) is 6.74. The number of amides is 2. The highest BCUT2D eigenvalue weighted by atomic mass is 16.7. The molecular formula is C26H42N2O11. The summed E-state index contributed by atoms with van der Waals surface area (Å²) in [5, 5.41) is 83.4. The molecule has 1 saturated heterocycles. The van der Waals surface area contributed by atoms with Gasteiger partial charge in [0.25, 0.3) is 0 Å². The van der Waals surface area contributed by atoms with Crippen molar-refractivity contribution >= 4 is 11.6 Å². The van der Waals surface area contributed by atoms with Crippen molar-refractivity contribution in [3.63, 3.8) is 0 Å². The van der Waals surface area contributed by atoms with E-state index in [1.54, 1.807) is 13.8 Å². The van der Waals surface area contributed by atoms with Gasteiger partial charge in [-0.3, -0.25) is 0 Å². The molecule has 13 heteroatoms. The van der Waals surface area contributed by atoms with Gasteiger partial charge in [-0.05, 0) is 38.0 Å².